The number of nitrogens with zero attached hydrogens (tertiary/aromatic N) is 1. The Bertz CT molecular complexity index is 606. The molecular formula is C12H16N4O2S. The number of benzene rings is 1. The third kappa shape index (κ3) is 3.55. The third-order valence-electron chi connectivity index (χ3n) is 2.54. The highest BCUT2D eigenvalue weighted by atomic mass is 32.2. The second kappa shape index (κ2) is 5.85. The highest BCUT2D eigenvalue weighted by Gasteiger charge is 2.11. The molecule has 1 aromatic heterocycles. The molecular weight excluding hydrogens is 264 g/mol. The Morgan fingerprint density at radius 1 is 1.26 bits per heavy atom. The second-order valence-electron chi connectivity index (χ2n) is 3.96. The highest BCUT2D eigenvalue weighted by molar-refractivity contribution is 7.89. The highest BCUT2D eigenvalue weighted by Crippen LogP contribution is 2.14. The lowest BCUT2D eigenvalue weighted by Crippen LogP contribution is -2.23. The average Bonchev–Trinajstić information content (AvgIpc) is 2.90. The molecule has 6 nitrogen and oxygen atoms in total. The number of sulfonamides is 1. The summed E-state index contributed by atoms with van der Waals surface area (Å²) in [6, 6.07) is 6.63. The van der Waals surface area contributed by atoms with Crippen LogP contribution < -0.4 is 10.0 Å². The van der Waals surface area contributed by atoms with Crippen LogP contribution in [-0.4, -0.2) is 24.9 Å². The van der Waals surface area contributed by atoms with Crippen molar-refractivity contribution in [1.29, 1.82) is 0 Å². The molecule has 0 aliphatic carbocycles. The Morgan fingerprint density at radius 3 is 2.58 bits per heavy atom. The Hall–Kier alpha value is -1.86. The van der Waals surface area contributed by atoms with Crippen LogP contribution in [0, 0.1) is 0 Å². The number of aromatic nitrogens is 2. The lowest BCUT2D eigenvalue weighted by molar-refractivity contribution is 0.584. The molecule has 0 bridgehead atoms. The first-order chi connectivity index (χ1) is 9.12. The molecule has 7 heteroatoms. The molecule has 2 aromatic rings. The fraction of sp³-hybridized carbons (Fsp3) is 0.250. The molecule has 0 atom stereocenters. The molecule has 0 unspecified atom stereocenters. The van der Waals surface area contributed by atoms with Crippen molar-refractivity contribution < 1.29 is 8.42 Å². The van der Waals surface area contributed by atoms with E-state index in [2.05, 4.69) is 20.0 Å². The van der Waals surface area contributed by atoms with Gasteiger partial charge in [0.25, 0.3) is 0 Å². The van der Waals surface area contributed by atoms with E-state index < -0.39 is 10.0 Å². The van der Waals surface area contributed by atoms with Gasteiger partial charge < -0.3 is 10.3 Å². The van der Waals surface area contributed by atoms with Gasteiger partial charge in [0.1, 0.15) is 0 Å². The molecule has 2 rings (SSSR count). The Kier molecular flexibility index (Phi) is 4.18. The van der Waals surface area contributed by atoms with Crippen molar-refractivity contribution in [3.8, 4) is 0 Å². The maximum Gasteiger partial charge on any atom is 0.240 e. The van der Waals surface area contributed by atoms with Crippen LogP contribution in [0.25, 0.3) is 0 Å². The number of anilines is 1. The number of hydrogen-bond donors (Lipinski definition) is 3. The van der Waals surface area contributed by atoms with Crippen molar-refractivity contribution in [3.05, 3.63) is 42.5 Å². The van der Waals surface area contributed by atoms with Crippen molar-refractivity contribution >= 4 is 15.7 Å². The second-order valence-corrected chi connectivity index (χ2v) is 5.72. The molecule has 3 N–H and O–H groups in total. The van der Waals surface area contributed by atoms with Crippen LogP contribution in [0.1, 0.15) is 12.6 Å². The van der Waals surface area contributed by atoms with Crippen LogP contribution in [0.2, 0.25) is 0 Å². The number of imidazole rings is 1. The van der Waals surface area contributed by atoms with Crippen LogP contribution >= 0.6 is 0 Å². The van der Waals surface area contributed by atoms with E-state index in [9.17, 15) is 8.42 Å². The van der Waals surface area contributed by atoms with Gasteiger partial charge in [-0.2, -0.15) is 0 Å². The molecule has 102 valence electrons. The van der Waals surface area contributed by atoms with Crippen molar-refractivity contribution in [1.82, 2.24) is 14.7 Å². The van der Waals surface area contributed by atoms with Gasteiger partial charge in [0, 0.05) is 18.4 Å². The minimum Gasteiger partial charge on any atom is -0.379 e. The van der Waals surface area contributed by atoms with Crippen LogP contribution in [0.15, 0.2) is 41.7 Å². The maximum absolute atomic E-state index is 11.7. The normalized spacial score (nSPS) is 11.4. The van der Waals surface area contributed by atoms with Crippen LogP contribution in [0.4, 0.5) is 5.69 Å². The molecule has 1 heterocycles. The molecule has 0 spiro atoms. The van der Waals surface area contributed by atoms with E-state index in [1.165, 1.54) is 0 Å². The fourth-order valence-electron chi connectivity index (χ4n) is 1.60. The van der Waals surface area contributed by atoms with Crippen molar-refractivity contribution in [3.63, 3.8) is 0 Å². The van der Waals surface area contributed by atoms with Crippen molar-refractivity contribution in [2.45, 2.75) is 18.4 Å². The van der Waals surface area contributed by atoms with Gasteiger partial charge in [-0.3, -0.25) is 0 Å². The predicted octanol–water partition coefficient (Wildman–Crippen LogP) is 1.32. The van der Waals surface area contributed by atoms with Crippen molar-refractivity contribution in [2.75, 3.05) is 11.9 Å². The van der Waals surface area contributed by atoms with E-state index in [4.69, 9.17) is 0 Å². The first-order valence-electron chi connectivity index (χ1n) is 5.92. The van der Waals surface area contributed by atoms with Gasteiger partial charge >= 0.3 is 0 Å². The zero-order chi connectivity index (χ0) is 13.7. The first kappa shape index (κ1) is 13.6. The van der Waals surface area contributed by atoms with E-state index in [0.29, 0.717) is 13.1 Å². The first-order valence-corrected chi connectivity index (χ1v) is 7.41. The number of rotatable bonds is 6. The summed E-state index contributed by atoms with van der Waals surface area (Å²) in [5, 5.41) is 3.17. The summed E-state index contributed by atoms with van der Waals surface area (Å²) in [7, 11) is -3.38. The van der Waals surface area contributed by atoms with Gasteiger partial charge in [-0.15, -0.1) is 0 Å². The van der Waals surface area contributed by atoms with E-state index >= 15 is 0 Å². The topological polar surface area (TPSA) is 86.9 Å². The van der Waals surface area contributed by atoms with Gasteiger partial charge in [0.2, 0.25) is 10.0 Å². The summed E-state index contributed by atoms with van der Waals surface area (Å²) in [6.45, 7) is 2.74. The van der Waals surface area contributed by atoms with Gasteiger partial charge in [-0.05, 0) is 24.3 Å². The fourth-order valence-corrected chi connectivity index (χ4v) is 2.65. The van der Waals surface area contributed by atoms with Crippen LogP contribution in [0.5, 0.6) is 0 Å². The molecule has 0 aliphatic heterocycles. The summed E-state index contributed by atoms with van der Waals surface area (Å²) in [4.78, 5) is 7.16. The van der Waals surface area contributed by atoms with Gasteiger partial charge in [0.15, 0.2) is 0 Å². The summed E-state index contributed by atoms with van der Waals surface area (Å²) < 4.78 is 25.9. The molecule has 1 aromatic carbocycles. The molecule has 0 amide bonds. The summed E-state index contributed by atoms with van der Waals surface area (Å²) in [5.74, 6) is 0. The largest absolute Gasteiger partial charge is 0.379 e. The van der Waals surface area contributed by atoms with E-state index in [1.807, 2.05) is 0 Å². The number of H-pyrrole nitrogens is 1. The lowest BCUT2D eigenvalue weighted by Gasteiger charge is -2.07. The minimum atomic E-state index is -3.38. The Labute approximate surface area is 112 Å². The molecule has 0 saturated carbocycles. The smallest absolute Gasteiger partial charge is 0.240 e. The van der Waals surface area contributed by atoms with Crippen LogP contribution in [0.3, 0.4) is 0 Å². The molecule has 0 radical (unpaired) electrons. The minimum absolute atomic E-state index is 0.265. The quantitative estimate of drug-likeness (QED) is 0.745. The lowest BCUT2D eigenvalue weighted by atomic mass is 10.3. The monoisotopic (exact) mass is 280 g/mol. The number of aromatic amines is 1. The van der Waals surface area contributed by atoms with Gasteiger partial charge in [0.05, 0.1) is 23.5 Å². The zero-order valence-corrected chi connectivity index (χ0v) is 11.4. The number of nitrogens with one attached hydrogen (secondary N) is 3. The van der Waals surface area contributed by atoms with Gasteiger partial charge in [-0.25, -0.2) is 18.1 Å². The van der Waals surface area contributed by atoms with Crippen molar-refractivity contribution in [2.24, 2.45) is 0 Å². The molecule has 0 fully saturated rings. The molecule has 19 heavy (non-hydrogen) atoms. The average molecular weight is 280 g/mol. The van der Waals surface area contributed by atoms with E-state index in [1.54, 1.807) is 43.7 Å². The summed E-state index contributed by atoms with van der Waals surface area (Å²) >= 11 is 0. The summed E-state index contributed by atoms with van der Waals surface area (Å²) in [6.07, 6.45) is 3.35. The number of hydrogen-bond acceptors (Lipinski definition) is 4. The molecule has 0 aliphatic rings. The zero-order valence-electron chi connectivity index (χ0n) is 10.6. The maximum atomic E-state index is 11.7. The Morgan fingerprint density at radius 2 is 2.00 bits per heavy atom. The standard InChI is InChI=1S/C12H16N4O2S/c1-2-16-19(17,18)12-5-3-10(4-6-12)14-8-11-7-13-9-15-11/h3-7,9,14,16H,2,8H2,1H3,(H,13,15). The Balaban J connectivity index is 2.02. The summed E-state index contributed by atoms with van der Waals surface area (Å²) in [5.41, 5.74) is 1.81. The van der Waals surface area contributed by atoms with Gasteiger partial charge in [-0.1, -0.05) is 6.92 Å². The third-order valence-corrected chi connectivity index (χ3v) is 4.10. The predicted molar refractivity (Wildman–Crippen MR) is 73.2 cm³/mol. The SMILES string of the molecule is CCNS(=O)(=O)c1ccc(NCc2cnc[nH]2)cc1. The van der Waals surface area contributed by atoms with Crippen LogP contribution in [-0.2, 0) is 16.6 Å². The van der Waals surface area contributed by atoms with E-state index in [0.717, 1.165) is 11.4 Å². The van der Waals surface area contributed by atoms with E-state index in [-0.39, 0.29) is 4.90 Å². The molecule has 0 saturated heterocycles.